The number of esters is 1. The average Bonchev–Trinajstić information content (AvgIpc) is 2.44. The van der Waals surface area contributed by atoms with Gasteiger partial charge >= 0.3 is 5.97 Å². The van der Waals surface area contributed by atoms with E-state index < -0.39 is 0 Å². The molecule has 0 bridgehead atoms. The van der Waals surface area contributed by atoms with Crippen molar-refractivity contribution in [2.75, 3.05) is 19.7 Å². The van der Waals surface area contributed by atoms with Gasteiger partial charge in [-0.15, -0.1) is 0 Å². The highest BCUT2D eigenvalue weighted by molar-refractivity contribution is 9.10. The van der Waals surface area contributed by atoms with E-state index in [9.17, 15) is 9.59 Å². The molecular weight excluding hydrogens is 322 g/mol. The van der Waals surface area contributed by atoms with Crippen molar-refractivity contribution in [3.05, 3.63) is 40.4 Å². The first-order valence-corrected chi connectivity index (χ1v) is 7.24. The first-order valence-electron chi connectivity index (χ1n) is 6.45. The van der Waals surface area contributed by atoms with Crippen LogP contribution >= 0.6 is 15.9 Å². The molecule has 0 aliphatic heterocycles. The van der Waals surface area contributed by atoms with Gasteiger partial charge < -0.3 is 9.64 Å². The number of halogens is 1. The molecule has 0 fully saturated rings. The van der Waals surface area contributed by atoms with Gasteiger partial charge in [0, 0.05) is 17.1 Å². The third kappa shape index (κ3) is 5.57. The van der Waals surface area contributed by atoms with Crippen molar-refractivity contribution in [2.24, 2.45) is 0 Å². The number of ether oxygens (including phenoxy) is 1. The minimum atomic E-state index is -0.389. The smallest absolute Gasteiger partial charge is 0.325 e. The third-order valence-electron chi connectivity index (χ3n) is 2.61. The topological polar surface area (TPSA) is 46.6 Å². The van der Waals surface area contributed by atoms with Crippen molar-refractivity contribution in [1.82, 2.24) is 4.90 Å². The lowest BCUT2D eigenvalue weighted by Gasteiger charge is -2.17. The average molecular weight is 340 g/mol. The maximum Gasteiger partial charge on any atom is 0.325 e. The van der Waals surface area contributed by atoms with E-state index in [1.807, 2.05) is 31.2 Å². The summed E-state index contributed by atoms with van der Waals surface area (Å²) in [5.41, 5.74) is 0.925. The molecule has 0 radical (unpaired) electrons. The monoisotopic (exact) mass is 339 g/mol. The molecule has 0 saturated heterocycles. The quantitative estimate of drug-likeness (QED) is 0.591. The Kier molecular flexibility index (Phi) is 7.01. The second-order valence-electron chi connectivity index (χ2n) is 4.04. The van der Waals surface area contributed by atoms with Gasteiger partial charge in [0.1, 0.15) is 6.54 Å². The molecule has 0 spiro atoms. The summed E-state index contributed by atoms with van der Waals surface area (Å²) in [5.74, 6) is -0.594. The number of hydrogen-bond donors (Lipinski definition) is 0. The van der Waals surface area contributed by atoms with Crippen LogP contribution in [0.4, 0.5) is 0 Å². The van der Waals surface area contributed by atoms with Gasteiger partial charge in [-0.05, 0) is 37.6 Å². The fraction of sp³-hybridized carbons (Fsp3) is 0.333. The summed E-state index contributed by atoms with van der Waals surface area (Å²) in [4.78, 5) is 24.8. The Labute approximate surface area is 127 Å². The Morgan fingerprint density at radius 1 is 1.25 bits per heavy atom. The number of benzene rings is 1. The molecule has 1 aromatic rings. The van der Waals surface area contributed by atoms with Crippen LogP contribution in [-0.4, -0.2) is 36.5 Å². The summed E-state index contributed by atoms with van der Waals surface area (Å²) >= 11 is 3.35. The highest BCUT2D eigenvalue weighted by Gasteiger charge is 2.13. The van der Waals surface area contributed by atoms with Crippen molar-refractivity contribution >= 4 is 33.9 Å². The number of likely N-dealkylation sites (N-methyl/N-ethyl adjacent to an activating group) is 1. The van der Waals surface area contributed by atoms with Gasteiger partial charge in [0.05, 0.1) is 6.61 Å². The lowest BCUT2D eigenvalue weighted by molar-refractivity contribution is -0.147. The Morgan fingerprint density at radius 3 is 2.45 bits per heavy atom. The molecule has 0 aliphatic rings. The highest BCUT2D eigenvalue weighted by atomic mass is 79.9. The van der Waals surface area contributed by atoms with Crippen molar-refractivity contribution in [2.45, 2.75) is 13.8 Å². The molecule has 0 saturated carbocycles. The van der Waals surface area contributed by atoms with Gasteiger partial charge in [-0.25, -0.2) is 0 Å². The maximum absolute atomic E-state index is 12.0. The van der Waals surface area contributed by atoms with Gasteiger partial charge in [0.25, 0.3) is 0 Å². The van der Waals surface area contributed by atoms with Gasteiger partial charge in [-0.2, -0.15) is 0 Å². The molecular formula is C15H18BrNO3. The third-order valence-corrected chi connectivity index (χ3v) is 3.14. The maximum atomic E-state index is 12.0. The minimum absolute atomic E-state index is 0.0200. The summed E-state index contributed by atoms with van der Waals surface area (Å²) in [6.07, 6.45) is 3.19. The summed E-state index contributed by atoms with van der Waals surface area (Å²) in [6, 6.07) is 7.60. The number of amides is 1. The van der Waals surface area contributed by atoms with E-state index in [2.05, 4.69) is 15.9 Å². The fourth-order valence-electron chi connectivity index (χ4n) is 1.55. The lowest BCUT2D eigenvalue weighted by Crippen LogP contribution is -2.35. The molecule has 1 rings (SSSR count). The second kappa shape index (κ2) is 8.53. The van der Waals surface area contributed by atoms with E-state index in [0.717, 1.165) is 10.0 Å². The van der Waals surface area contributed by atoms with Crippen LogP contribution in [0, 0.1) is 0 Å². The lowest BCUT2D eigenvalue weighted by atomic mass is 10.2. The Hall–Kier alpha value is -1.62. The normalized spacial score (nSPS) is 10.6. The van der Waals surface area contributed by atoms with E-state index >= 15 is 0 Å². The molecule has 20 heavy (non-hydrogen) atoms. The molecule has 5 heteroatoms. The number of hydrogen-bond acceptors (Lipinski definition) is 3. The van der Waals surface area contributed by atoms with E-state index in [0.29, 0.717) is 13.2 Å². The van der Waals surface area contributed by atoms with Crippen LogP contribution in [0.1, 0.15) is 19.4 Å². The molecule has 0 heterocycles. The molecule has 1 amide bonds. The zero-order valence-corrected chi connectivity index (χ0v) is 13.2. The van der Waals surface area contributed by atoms with Crippen LogP contribution in [0.25, 0.3) is 6.08 Å². The molecule has 0 N–H and O–H groups in total. The van der Waals surface area contributed by atoms with Crippen molar-refractivity contribution in [3.8, 4) is 0 Å². The van der Waals surface area contributed by atoms with Crippen LogP contribution in [0.2, 0.25) is 0 Å². The second-order valence-corrected chi connectivity index (χ2v) is 4.96. The Bertz CT molecular complexity index is 482. The van der Waals surface area contributed by atoms with Crippen molar-refractivity contribution < 1.29 is 14.3 Å². The van der Waals surface area contributed by atoms with E-state index in [1.54, 1.807) is 13.0 Å². The molecule has 0 atom stereocenters. The van der Waals surface area contributed by atoms with Crippen LogP contribution < -0.4 is 0 Å². The number of carbonyl (C=O) groups excluding carboxylic acids is 2. The number of rotatable bonds is 6. The number of carbonyl (C=O) groups is 2. The zero-order chi connectivity index (χ0) is 15.0. The first-order chi connectivity index (χ1) is 9.56. The minimum Gasteiger partial charge on any atom is -0.465 e. The summed E-state index contributed by atoms with van der Waals surface area (Å²) < 4.78 is 5.82. The van der Waals surface area contributed by atoms with Gasteiger partial charge in [-0.3, -0.25) is 9.59 Å². The largest absolute Gasteiger partial charge is 0.465 e. The molecule has 0 aromatic heterocycles. The van der Waals surface area contributed by atoms with Crippen LogP contribution in [0.5, 0.6) is 0 Å². The standard InChI is InChI=1S/C15H18BrNO3/c1-3-17(11-15(19)20-4-2)14(18)10-7-12-5-8-13(16)9-6-12/h5-10H,3-4,11H2,1-2H3/b10-7+. The molecule has 4 nitrogen and oxygen atoms in total. The molecule has 108 valence electrons. The van der Waals surface area contributed by atoms with Crippen molar-refractivity contribution in [3.63, 3.8) is 0 Å². The van der Waals surface area contributed by atoms with Gasteiger partial charge in [-0.1, -0.05) is 28.1 Å². The fourth-order valence-corrected chi connectivity index (χ4v) is 1.82. The van der Waals surface area contributed by atoms with Crippen molar-refractivity contribution in [1.29, 1.82) is 0 Å². The molecule has 1 aromatic carbocycles. The predicted octanol–water partition coefficient (Wildman–Crippen LogP) is 2.87. The van der Waals surface area contributed by atoms with Gasteiger partial charge in [0.15, 0.2) is 0 Å². The first kappa shape index (κ1) is 16.4. The van der Waals surface area contributed by atoms with E-state index in [4.69, 9.17) is 4.74 Å². The van der Waals surface area contributed by atoms with Crippen LogP contribution in [0.3, 0.4) is 0 Å². The van der Waals surface area contributed by atoms with E-state index in [-0.39, 0.29) is 18.4 Å². The Morgan fingerprint density at radius 2 is 1.90 bits per heavy atom. The van der Waals surface area contributed by atoms with E-state index in [1.165, 1.54) is 11.0 Å². The summed E-state index contributed by atoms with van der Waals surface area (Å²) in [6.45, 7) is 4.32. The van der Waals surface area contributed by atoms with Crippen LogP contribution in [0.15, 0.2) is 34.8 Å². The highest BCUT2D eigenvalue weighted by Crippen LogP contribution is 2.11. The summed E-state index contributed by atoms with van der Waals surface area (Å²) in [5, 5.41) is 0. The zero-order valence-electron chi connectivity index (χ0n) is 11.6. The van der Waals surface area contributed by atoms with Gasteiger partial charge in [0.2, 0.25) is 5.91 Å². The number of nitrogens with zero attached hydrogens (tertiary/aromatic N) is 1. The predicted molar refractivity (Wildman–Crippen MR) is 82.1 cm³/mol. The molecule has 0 aliphatic carbocycles. The summed E-state index contributed by atoms with van der Waals surface area (Å²) in [7, 11) is 0. The molecule has 0 unspecified atom stereocenters. The Balaban J connectivity index is 2.62. The SMILES string of the molecule is CCOC(=O)CN(CC)C(=O)/C=C/c1ccc(Br)cc1. The van der Waals surface area contributed by atoms with Crippen LogP contribution in [-0.2, 0) is 14.3 Å².